The molecule has 0 atom stereocenters. The van der Waals surface area contributed by atoms with E-state index in [2.05, 4.69) is 56.0 Å². The van der Waals surface area contributed by atoms with Crippen LogP contribution in [-0.2, 0) is 12.8 Å². The molecule has 0 saturated heterocycles. The van der Waals surface area contributed by atoms with Crippen LogP contribution < -0.4 is 10.6 Å². The second-order valence-corrected chi connectivity index (χ2v) is 6.35. The molecule has 0 spiro atoms. The van der Waals surface area contributed by atoms with Gasteiger partial charge in [-0.25, -0.2) is 4.68 Å². The van der Waals surface area contributed by atoms with Crippen LogP contribution in [0.4, 0.5) is 0 Å². The molecule has 0 fully saturated rings. The number of benzene rings is 1. The van der Waals surface area contributed by atoms with Gasteiger partial charge in [-0.15, -0.1) is 24.0 Å². The number of hydrogen-bond acceptors (Lipinski definition) is 3. The van der Waals surface area contributed by atoms with Crippen molar-refractivity contribution in [1.82, 2.24) is 25.4 Å². The number of nitrogens with zero attached hydrogens (tertiary/aromatic N) is 4. The molecule has 0 unspecified atom stereocenters. The van der Waals surface area contributed by atoms with Crippen LogP contribution in [0.3, 0.4) is 0 Å². The minimum atomic E-state index is 0. The monoisotopic (exact) mass is 490 g/mol. The summed E-state index contributed by atoms with van der Waals surface area (Å²) >= 11 is 0. The average molecular weight is 490 g/mol. The van der Waals surface area contributed by atoms with Crippen molar-refractivity contribution in [1.29, 1.82) is 0 Å². The van der Waals surface area contributed by atoms with E-state index in [4.69, 9.17) is 0 Å². The average Bonchev–Trinajstić information content (AvgIpc) is 3.23. The highest BCUT2D eigenvalue weighted by Crippen LogP contribution is 2.08. The zero-order valence-electron chi connectivity index (χ0n) is 16.3. The molecule has 0 aliphatic heterocycles. The second kappa shape index (κ2) is 11.4. The third kappa shape index (κ3) is 6.63. The van der Waals surface area contributed by atoms with Gasteiger partial charge < -0.3 is 10.6 Å². The quantitative estimate of drug-likeness (QED) is 0.304. The van der Waals surface area contributed by atoms with Crippen molar-refractivity contribution in [2.75, 3.05) is 20.1 Å². The van der Waals surface area contributed by atoms with Crippen molar-refractivity contribution in [3.63, 3.8) is 0 Å². The van der Waals surface area contributed by atoms with Gasteiger partial charge in [0.15, 0.2) is 5.96 Å². The molecule has 148 valence electrons. The Morgan fingerprint density at radius 2 is 1.68 bits per heavy atom. The normalized spacial score (nSPS) is 11.0. The lowest BCUT2D eigenvalue weighted by molar-refractivity contribution is 0.782. The molecule has 6 nitrogen and oxygen atoms in total. The molecule has 3 aromatic rings. The van der Waals surface area contributed by atoms with Crippen LogP contribution in [0.5, 0.6) is 0 Å². The van der Waals surface area contributed by atoms with E-state index in [1.54, 1.807) is 13.2 Å². The summed E-state index contributed by atoms with van der Waals surface area (Å²) in [4.78, 5) is 8.60. The van der Waals surface area contributed by atoms with E-state index in [-0.39, 0.29) is 24.0 Å². The molecule has 2 aromatic heterocycles. The lowest BCUT2D eigenvalue weighted by Gasteiger charge is -2.12. The molecule has 7 heteroatoms. The molecule has 1 aromatic carbocycles. The van der Waals surface area contributed by atoms with E-state index in [0.29, 0.717) is 0 Å². The van der Waals surface area contributed by atoms with Crippen LogP contribution in [0.1, 0.15) is 16.8 Å². The largest absolute Gasteiger partial charge is 0.356 e. The first-order valence-corrected chi connectivity index (χ1v) is 9.19. The molecular formula is C21H27IN6. The van der Waals surface area contributed by atoms with Gasteiger partial charge in [-0.05, 0) is 55.2 Å². The minimum absolute atomic E-state index is 0. The van der Waals surface area contributed by atoms with E-state index in [1.807, 2.05) is 36.1 Å². The Bertz CT molecular complexity index is 842. The SMILES string of the molecule is CN=C(NCCc1ccc(-n2cccn2)cc1)NCCc1ccc(C)nc1.I. The van der Waals surface area contributed by atoms with Crippen LogP contribution in [0.15, 0.2) is 66.0 Å². The molecule has 28 heavy (non-hydrogen) atoms. The van der Waals surface area contributed by atoms with Crippen molar-refractivity contribution < 1.29 is 0 Å². The maximum Gasteiger partial charge on any atom is 0.190 e. The van der Waals surface area contributed by atoms with E-state index in [9.17, 15) is 0 Å². The highest BCUT2D eigenvalue weighted by molar-refractivity contribution is 14.0. The molecule has 2 N–H and O–H groups in total. The predicted octanol–water partition coefficient (Wildman–Crippen LogP) is 3.14. The van der Waals surface area contributed by atoms with Crippen LogP contribution in [0.25, 0.3) is 5.69 Å². The maximum atomic E-state index is 4.32. The molecule has 0 aliphatic carbocycles. The Balaban J connectivity index is 0.00000280. The number of guanidine groups is 1. The molecule has 0 amide bonds. The number of pyridine rings is 1. The van der Waals surface area contributed by atoms with Gasteiger partial charge in [-0.2, -0.15) is 5.10 Å². The van der Waals surface area contributed by atoms with Crippen molar-refractivity contribution in [2.45, 2.75) is 19.8 Å². The van der Waals surface area contributed by atoms with Crippen LogP contribution in [0.2, 0.25) is 0 Å². The Labute approximate surface area is 183 Å². The standard InChI is InChI=1S/C21H26N6.HI/c1-17-4-5-19(16-25-17)11-14-24-21(22-2)23-13-10-18-6-8-20(9-7-18)27-15-3-12-26-27;/h3-9,12,15-16H,10-11,13-14H2,1-2H3,(H2,22,23,24);1H. The van der Waals surface area contributed by atoms with Crippen LogP contribution in [0, 0.1) is 6.92 Å². The van der Waals surface area contributed by atoms with E-state index >= 15 is 0 Å². The third-order valence-corrected chi connectivity index (χ3v) is 4.31. The first-order chi connectivity index (χ1) is 13.2. The summed E-state index contributed by atoms with van der Waals surface area (Å²) in [6.45, 7) is 3.65. The number of hydrogen-bond donors (Lipinski definition) is 2. The van der Waals surface area contributed by atoms with Gasteiger partial charge in [-0.1, -0.05) is 18.2 Å². The highest BCUT2D eigenvalue weighted by atomic mass is 127. The van der Waals surface area contributed by atoms with Crippen molar-refractivity contribution in [3.8, 4) is 5.69 Å². The Morgan fingerprint density at radius 1 is 1.00 bits per heavy atom. The summed E-state index contributed by atoms with van der Waals surface area (Å²) in [5.74, 6) is 0.822. The summed E-state index contributed by atoms with van der Waals surface area (Å²) in [7, 11) is 1.79. The van der Waals surface area contributed by atoms with Gasteiger partial charge in [0.2, 0.25) is 0 Å². The van der Waals surface area contributed by atoms with Gasteiger partial charge in [0.25, 0.3) is 0 Å². The molecule has 0 radical (unpaired) electrons. The van der Waals surface area contributed by atoms with Crippen molar-refractivity contribution in [2.24, 2.45) is 4.99 Å². The first-order valence-electron chi connectivity index (χ1n) is 9.19. The predicted molar refractivity (Wildman–Crippen MR) is 125 cm³/mol. The number of rotatable bonds is 7. The van der Waals surface area contributed by atoms with Gasteiger partial charge in [0.05, 0.1) is 5.69 Å². The van der Waals surface area contributed by atoms with Crippen molar-refractivity contribution in [3.05, 3.63) is 77.9 Å². The number of nitrogens with one attached hydrogen (secondary N) is 2. The summed E-state index contributed by atoms with van der Waals surface area (Å²) in [6, 6.07) is 14.5. The summed E-state index contributed by atoms with van der Waals surface area (Å²) in [5, 5.41) is 11.0. The zero-order valence-corrected chi connectivity index (χ0v) is 18.6. The number of aryl methyl sites for hydroxylation is 1. The lowest BCUT2D eigenvalue weighted by atomic mass is 10.1. The molecule has 0 bridgehead atoms. The highest BCUT2D eigenvalue weighted by Gasteiger charge is 2.00. The fourth-order valence-electron chi connectivity index (χ4n) is 2.75. The lowest BCUT2D eigenvalue weighted by Crippen LogP contribution is -2.39. The van der Waals surface area contributed by atoms with Gasteiger partial charge in [-0.3, -0.25) is 9.98 Å². The summed E-state index contributed by atoms with van der Waals surface area (Å²) in [6.07, 6.45) is 7.51. The van der Waals surface area contributed by atoms with Gasteiger partial charge >= 0.3 is 0 Å². The van der Waals surface area contributed by atoms with E-state index < -0.39 is 0 Å². The topological polar surface area (TPSA) is 67.1 Å². The fourth-order valence-corrected chi connectivity index (χ4v) is 2.75. The van der Waals surface area contributed by atoms with Gasteiger partial charge in [0.1, 0.15) is 0 Å². The Morgan fingerprint density at radius 3 is 2.25 bits per heavy atom. The van der Waals surface area contributed by atoms with Crippen LogP contribution in [-0.4, -0.2) is 40.9 Å². The molecule has 0 saturated carbocycles. The van der Waals surface area contributed by atoms with E-state index in [0.717, 1.165) is 43.3 Å². The van der Waals surface area contributed by atoms with Crippen LogP contribution >= 0.6 is 24.0 Å². The maximum absolute atomic E-state index is 4.32. The molecule has 0 aliphatic rings. The molecular weight excluding hydrogens is 463 g/mol. The number of aromatic nitrogens is 3. The Kier molecular flexibility index (Phi) is 8.93. The number of halogens is 1. The fraction of sp³-hybridized carbons (Fsp3) is 0.286. The zero-order chi connectivity index (χ0) is 18.9. The summed E-state index contributed by atoms with van der Waals surface area (Å²) < 4.78 is 1.86. The molecule has 3 rings (SSSR count). The minimum Gasteiger partial charge on any atom is -0.356 e. The summed E-state index contributed by atoms with van der Waals surface area (Å²) in [5.41, 5.74) is 4.61. The first kappa shape index (κ1) is 21.9. The van der Waals surface area contributed by atoms with Crippen molar-refractivity contribution >= 4 is 29.9 Å². The third-order valence-electron chi connectivity index (χ3n) is 4.31. The Hall–Kier alpha value is -2.42. The van der Waals surface area contributed by atoms with Gasteiger partial charge in [0, 0.05) is 44.4 Å². The number of aliphatic imine (C=N–C) groups is 1. The second-order valence-electron chi connectivity index (χ2n) is 6.35. The molecule has 2 heterocycles. The van der Waals surface area contributed by atoms with E-state index in [1.165, 1.54) is 11.1 Å². The smallest absolute Gasteiger partial charge is 0.190 e.